The zero-order chi connectivity index (χ0) is 18.0. The van der Waals surface area contributed by atoms with Crippen LogP contribution >= 0.6 is 12.2 Å². The lowest BCUT2D eigenvalue weighted by Crippen LogP contribution is -2.30. The summed E-state index contributed by atoms with van der Waals surface area (Å²) in [6, 6.07) is 16.9. The maximum absolute atomic E-state index is 12.7. The van der Waals surface area contributed by atoms with E-state index in [-0.39, 0.29) is 5.91 Å². The van der Waals surface area contributed by atoms with E-state index in [1.54, 1.807) is 30.3 Å². The predicted molar refractivity (Wildman–Crippen MR) is 103 cm³/mol. The second kappa shape index (κ2) is 6.88. The number of hydrogen-bond donors (Lipinski definition) is 1. The van der Waals surface area contributed by atoms with Crippen molar-refractivity contribution in [3.63, 3.8) is 0 Å². The molecule has 124 valence electrons. The molecule has 1 heterocycles. The Labute approximate surface area is 152 Å². The van der Waals surface area contributed by atoms with E-state index >= 15 is 0 Å². The third kappa shape index (κ3) is 3.44. The van der Waals surface area contributed by atoms with Crippen LogP contribution < -0.4 is 10.2 Å². The molecule has 1 amide bonds. The fourth-order valence-electron chi connectivity index (χ4n) is 2.60. The molecule has 1 fully saturated rings. The maximum atomic E-state index is 12.7. The summed E-state index contributed by atoms with van der Waals surface area (Å²) in [5.74, 6) is 0.243. The van der Waals surface area contributed by atoms with Gasteiger partial charge in [-0.3, -0.25) is 9.69 Å². The fraction of sp³-hybridized carbons (Fsp3) is 0.150. The van der Waals surface area contributed by atoms with E-state index in [1.807, 2.05) is 24.3 Å². The Morgan fingerprint density at radius 3 is 2.32 bits per heavy atom. The summed E-state index contributed by atoms with van der Waals surface area (Å²) >= 11 is 5.33. The molecule has 1 N–H and O–H groups in total. The quantitative estimate of drug-likeness (QED) is 0.675. The van der Waals surface area contributed by atoms with Crippen LogP contribution in [0.4, 0.5) is 5.69 Å². The van der Waals surface area contributed by atoms with E-state index in [4.69, 9.17) is 17.5 Å². The van der Waals surface area contributed by atoms with Crippen LogP contribution in [0.1, 0.15) is 36.5 Å². The molecule has 2 aromatic carbocycles. The van der Waals surface area contributed by atoms with E-state index in [0.29, 0.717) is 22.3 Å². The van der Waals surface area contributed by atoms with Crippen LogP contribution in [0, 0.1) is 11.3 Å². The summed E-state index contributed by atoms with van der Waals surface area (Å²) in [6.45, 7) is 4.25. The van der Waals surface area contributed by atoms with Gasteiger partial charge in [-0.05, 0) is 59.6 Å². The number of carbonyl (C=O) groups excluding carboxylic acids is 1. The van der Waals surface area contributed by atoms with Gasteiger partial charge in [-0.15, -0.1) is 0 Å². The van der Waals surface area contributed by atoms with Gasteiger partial charge in [-0.2, -0.15) is 5.26 Å². The van der Waals surface area contributed by atoms with Crippen LogP contribution in [0.15, 0.2) is 54.2 Å². The number of nitriles is 1. The van der Waals surface area contributed by atoms with E-state index in [9.17, 15) is 4.79 Å². The van der Waals surface area contributed by atoms with Crippen LogP contribution in [0.25, 0.3) is 6.08 Å². The molecule has 0 radical (unpaired) electrons. The Balaban J connectivity index is 1.86. The zero-order valence-corrected chi connectivity index (χ0v) is 14.8. The summed E-state index contributed by atoms with van der Waals surface area (Å²) < 4.78 is 0. The van der Waals surface area contributed by atoms with Crippen LogP contribution in [-0.4, -0.2) is 11.0 Å². The molecule has 1 aliphatic heterocycles. The van der Waals surface area contributed by atoms with Crippen molar-refractivity contribution in [1.29, 1.82) is 5.26 Å². The predicted octanol–water partition coefficient (Wildman–Crippen LogP) is 3.94. The fourth-order valence-corrected chi connectivity index (χ4v) is 2.90. The molecule has 3 rings (SSSR count). The molecule has 0 unspecified atom stereocenters. The summed E-state index contributed by atoms with van der Waals surface area (Å²) in [5.41, 5.74) is 3.78. The highest BCUT2D eigenvalue weighted by atomic mass is 32.1. The Hall–Kier alpha value is -2.97. The monoisotopic (exact) mass is 347 g/mol. The molecule has 2 aromatic rings. The van der Waals surface area contributed by atoms with Gasteiger partial charge < -0.3 is 5.32 Å². The van der Waals surface area contributed by atoms with Gasteiger partial charge in [0.2, 0.25) is 0 Å². The van der Waals surface area contributed by atoms with Crippen LogP contribution in [0.2, 0.25) is 0 Å². The first-order valence-corrected chi connectivity index (χ1v) is 8.37. The molecular formula is C20H17N3OS. The number of nitrogens with zero attached hydrogens (tertiary/aromatic N) is 2. The van der Waals surface area contributed by atoms with Crippen molar-refractivity contribution in [2.75, 3.05) is 4.90 Å². The van der Waals surface area contributed by atoms with Crippen molar-refractivity contribution in [2.45, 2.75) is 19.8 Å². The molecule has 0 saturated carbocycles. The van der Waals surface area contributed by atoms with E-state index in [2.05, 4.69) is 25.2 Å². The summed E-state index contributed by atoms with van der Waals surface area (Å²) in [5, 5.41) is 12.2. The molecule has 25 heavy (non-hydrogen) atoms. The first kappa shape index (κ1) is 16.9. The summed E-state index contributed by atoms with van der Waals surface area (Å²) in [6.07, 6.45) is 1.73. The normalized spacial score (nSPS) is 15.6. The average molecular weight is 347 g/mol. The molecule has 5 heteroatoms. The Morgan fingerprint density at radius 1 is 1.12 bits per heavy atom. The molecular weight excluding hydrogens is 330 g/mol. The number of benzene rings is 2. The lowest BCUT2D eigenvalue weighted by molar-refractivity contribution is -0.113. The number of anilines is 1. The highest BCUT2D eigenvalue weighted by Gasteiger charge is 2.31. The minimum absolute atomic E-state index is 0.188. The molecule has 4 nitrogen and oxygen atoms in total. The largest absolute Gasteiger partial charge is 0.327 e. The number of thiocarbonyl (C=S) groups is 1. The lowest BCUT2D eigenvalue weighted by atomic mass is 10.0. The third-order valence-electron chi connectivity index (χ3n) is 4.05. The van der Waals surface area contributed by atoms with Gasteiger partial charge in [0.05, 0.1) is 17.3 Å². The number of amides is 1. The Bertz CT molecular complexity index is 890. The average Bonchev–Trinajstić information content (AvgIpc) is 2.89. The second-order valence-electron chi connectivity index (χ2n) is 6.11. The van der Waals surface area contributed by atoms with Crippen molar-refractivity contribution in [1.82, 2.24) is 5.32 Å². The molecule has 0 bridgehead atoms. The topological polar surface area (TPSA) is 56.1 Å². The van der Waals surface area contributed by atoms with Gasteiger partial charge in [-0.1, -0.05) is 38.1 Å². The number of nitrogens with one attached hydrogen (secondary N) is 1. The minimum atomic E-state index is -0.188. The third-order valence-corrected chi connectivity index (χ3v) is 4.33. The first-order valence-electron chi connectivity index (χ1n) is 7.97. The number of hydrogen-bond acceptors (Lipinski definition) is 3. The van der Waals surface area contributed by atoms with Crippen molar-refractivity contribution < 1.29 is 4.79 Å². The smallest absolute Gasteiger partial charge is 0.281 e. The lowest BCUT2D eigenvalue weighted by Gasteiger charge is -2.15. The van der Waals surface area contributed by atoms with Gasteiger partial charge in [0, 0.05) is 0 Å². The molecule has 1 saturated heterocycles. The van der Waals surface area contributed by atoms with Crippen LogP contribution in [0.5, 0.6) is 0 Å². The first-order chi connectivity index (χ1) is 12.0. The standard InChI is InChI=1S/C20H17N3OS/c1-13(2)16-7-9-17(10-8-16)23-19(24)18(22-20(23)25)11-14-3-5-15(12-21)6-4-14/h3-11,13H,1-2H3,(H,22,25)/b18-11+. The van der Waals surface area contributed by atoms with Crippen molar-refractivity contribution in [3.8, 4) is 6.07 Å². The molecule has 0 aliphatic carbocycles. The Morgan fingerprint density at radius 2 is 1.76 bits per heavy atom. The van der Waals surface area contributed by atoms with Crippen molar-refractivity contribution in [2.24, 2.45) is 0 Å². The number of carbonyl (C=O) groups is 1. The van der Waals surface area contributed by atoms with E-state index in [1.165, 1.54) is 10.5 Å². The Kier molecular flexibility index (Phi) is 4.64. The van der Waals surface area contributed by atoms with Gasteiger partial charge in [-0.25, -0.2) is 0 Å². The van der Waals surface area contributed by atoms with Crippen LogP contribution in [0.3, 0.4) is 0 Å². The maximum Gasteiger partial charge on any atom is 0.281 e. The van der Waals surface area contributed by atoms with Crippen molar-refractivity contribution >= 4 is 35.0 Å². The summed E-state index contributed by atoms with van der Waals surface area (Å²) in [7, 11) is 0. The summed E-state index contributed by atoms with van der Waals surface area (Å²) in [4.78, 5) is 14.2. The van der Waals surface area contributed by atoms with Gasteiger partial charge in [0.1, 0.15) is 5.70 Å². The van der Waals surface area contributed by atoms with Crippen molar-refractivity contribution in [3.05, 3.63) is 70.9 Å². The highest BCUT2D eigenvalue weighted by molar-refractivity contribution is 7.80. The molecule has 0 spiro atoms. The second-order valence-corrected chi connectivity index (χ2v) is 6.50. The molecule has 0 atom stereocenters. The molecule has 1 aliphatic rings. The van der Waals surface area contributed by atoms with Gasteiger partial charge in [0.25, 0.3) is 5.91 Å². The van der Waals surface area contributed by atoms with Gasteiger partial charge >= 0.3 is 0 Å². The van der Waals surface area contributed by atoms with E-state index in [0.717, 1.165) is 11.3 Å². The van der Waals surface area contributed by atoms with E-state index < -0.39 is 0 Å². The molecule has 0 aromatic heterocycles. The SMILES string of the molecule is CC(C)c1ccc(N2C(=O)/C(=C\c3ccc(C#N)cc3)NC2=S)cc1. The highest BCUT2D eigenvalue weighted by Crippen LogP contribution is 2.25. The zero-order valence-electron chi connectivity index (χ0n) is 14.0. The van der Waals surface area contributed by atoms with Gasteiger partial charge in [0.15, 0.2) is 5.11 Å². The minimum Gasteiger partial charge on any atom is -0.327 e. The van der Waals surface area contributed by atoms with Crippen LogP contribution in [-0.2, 0) is 4.79 Å². The number of rotatable bonds is 3.